The van der Waals surface area contributed by atoms with Crippen LogP contribution < -0.4 is 0 Å². The highest BCUT2D eigenvalue weighted by Gasteiger charge is 2.62. The quantitative estimate of drug-likeness (QED) is 0.556. The lowest BCUT2D eigenvalue weighted by Gasteiger charge is -2.39. The van der Waals surface area contributed by atoms with Gasteiger partial charge >= 0.3 is 5.97 Å². The maximum Gasteiger partial charge on any atom is 0.314 e. The van der Waals surface area contributed by atoms with Crippen LogP contribution in [0.5, 0.6) is 0 Å². The first-order chi connectivity index (χ1) is 14.4. The summed E-state index contributed by atoms with van der Waals surface area (Å²) in [7, 11) is -2.52. The first kappa shape index (κ1) is 20.3. The number of sulfonamides is 1. The van der Waals surface area contributed by atoms with Gasteiger partial charge in [-0.05, 0) is 42.7 Å². The Morgan fingerprint density at radius 2 is 1.87 bits per heavy atom. The molecular formula is C23H22N2O4S. The van der Waals surface area contributed by atoms with Gasteiger partial charge in [0.1, 0.15) is 0 Å². The molecule has 3 atom stereocenters. The SMILES string of the molecule is COC(=O)[C@]12CCC=C[C@@H]1CN(S(=O)(=O)c1ccccc1)[C@H]2c1ccc(C#N)cc1. The maximum absolute atomic E-state index is 13.6. The van der Waals surface area contributed by atoms with Crippen molar-refractivity contribution in [1.82, 2.24) is 4.31 Å². The number of methoxy groups -OCH3 is 1. The average molecular weight is 423 g/mol. The summed E-state index contributed by atoms with van der Waals surface area (Å²) < 4.78 is 33.9. The van der Waals surface area contributed by atoms with Crippen LogP contribution in [0, 0.1) is 22.7 Å². The molecule has 1 aliphatic carbocycles. The van der Waals surface area contributed by atoms with E-state index in [4.69, 9.17) is 10.00 Å². The van der Waals surface area contributed by atoms with Gasteiger partial charge in [-0.25, -0.2) is 8.42 Å². The molecule has 7 heteroatoms. The van der Waals surface area contributed by atoms with Gasteiger partial charge in [-0.15, -0.1) is 0 Å². The highest BCUT2D eigenvalue weighted by atomic mass is 32.2. The second kappa shape index (κ2) is 7.71. The third-order valence-corrected chi connectivity index (χ3v) is 8.02. The third kappa shape index (κ3) is 3.04. The zero-order chi connectivity index (χ0) is 21.4. The molecule has 0 aromatic heterocycles. The number of carbonyl (C=O) groups excluding carboxylic acids is 1. The van der Waals surface area contributed by atoms with Crippen LogP contribution in [0.15, 0.2) is 71.6 Å². The fourth-order valence-corrected chi connectivity index (χ4v) is 6.50. The topological polar surface area (TPSA) is 87.5 Å². The summed E-state index contributed by atoms with van der Waals surface area (Å²) in [6, 6.07) is 16.4. The van der Waals surface area contributed by atoms with E-state index < -0.39 is 27.4 Å². The average Bonchev–Trinajstić information content (AvgIpc) is 3.16. The first-order valence-electron chi connectivity index (χ1n) is 9.77. The van der Waals surface area contributed by atoms with Crippen LogP contribution in [0.25, 0.3) is 0 Å². The van der Waals surface area contributed by atoms with Crippen LogP contribution in [0.4, 0.5) is 0 Å². The van der Waals surface area contributed by atoms with Crippen molar-refractivity contribution in [3.63, 3.8) is 0 Å². The van der Waals surface area contributed by atoms with Gasteiger partial charge < -0.3 is 4.74 Å². The van der Waals surface area contributed by atoms with E-state index >= 15 is 0 Å². The Kier molecular flexibility index (Phi) is 5.22. The van der Waals surface area contributed by atoms with Crippen LogP contribution in [-0.4, -0.2) is 32.3 Å². The van der Waals surface area contributed by atoms with Crippen molar-refractivity contribution in [2.24, 2.45) is 11.3 Å². The van der Waals surface area contributed by atoms with Crippen LogP contribution in [0.1, 0.15) is 30.0 Å². The number of benzene rings is 2. The molecule has 6 nitrogen and oxygen atoms in total. The number of nitriles is 1. The van der Waals surface area contributed by atoms with Crippen molar-refractivity contribution in [3.8, 4) is 6.07 Å². The van der Waals surface area contributed by atoms with Gasteiger partial charge in [-0.2, -0.15) is 9.57 Å². The lowest BCUT2D eigenvalue weighted by molar-refractivity contribution is -0.156. The Morgan fingerprint density at radius 3 is 2.50 bits per heavy atom. The summed E-state index contributed by atoms with van der Waals surface area (Å²) in [5, 5.41) is 9.15. The van der Waals surface area contributed by atoms with E-state index in [-0.39, 0.29) is 17.4 Å². The lowest BCUT2D eigenvalue weighted by Crippen LogP contribution is -2.44. The summed E-state index contributed by atoms with van der Waals surface area (Å²) in [6.07, 6.45) is 5.10. The minimum Gasteiger partial charge on any atom is -0.469 e. The van der Waals surface area contributed by atoms with E-state index in [1.165, 1.54) is 11.4 Å². The molecule has 4 rings (SSSR count). The highest BCUT2D eigenvalue weighted by Crippen LogP contribution is 2.57. The van der Waals surface area contributed by atoms with Crippen LogP contribution in [0.3, 0.4) is 0 Å². The van der Waals surface area contributed by atoms with Gasteiger partial charge in [0.15, 0.2) is 0 Å². The van der Waals surface area contributed by atoms with Gasteiger partial charge in [0.25, 0.3) is 0 Å². The molecule has 0 amide bonds. The van der Waals surface area contributed by atoms with Crippen LogP contribution >= 0.6 is 0 Å². The number of ether oxygens (including phenoxy) is 1. The number of carbonyl (C=O) groups is 1. The normalized spacial score (nSPS) is 26.0. The first-order valence-corrected chi connectivity index (χ1v) is 11.2. The highest BCUT2D eigenvalue weighted by molar-refractivity contribution is 7.89. The van der Waals surface area contributed by atoms with Crippen molar-refractivity contribution in [2.45, 2.75) is 23.8 Å². The zero-order valence-electron chi connectivity index (χ0n) is 16.6. The van der Waals surface area contributed by atoms with Crippen molar-refractivity contribution >= 4 is 16.0 Å². The largest absolute Gasteiger partial charge is 0.469 e. The molecule has 0 N–H and O–H groups in total. The van der Waals surface area contributed by atoms with E-state index in [0.717, 1.165) is 0 Å². The third-order valence-electron chi connectivity index (χ3n) is 6.18. The van der Waals surface area contributed by atoms with Gasteiger partial charge in [0.05, 0.1) is 35.1 Å². The summed E-state index contributed by atoms with van der Waals surface area (Å²) >= 11 is 0. The Labute approximate surface area is 176 Å². The molecule has 0 unspecified atom stereocenters. The van der Waals surface area contributed by atoms with E-state index in [9.17, 15) is 13.2 Å². The predicted octanol–water partition coefficient (Wildman–Crippen LogP) is 3.43. The summed E-state index contributed by atoms with van der Waals surface area (Å²) in [6.45, 7) is 0.188. The second-order valence-electron chi connectivity index (χ2n) is 7.63. The van der Waals surface area contributed by atoms with Crippen molar-refractivity contribution < 1.29 is 17.9 Å². The molecule has 1 aliphatic heterocycles. The molecule has 30 heavy (non-hydrogen) atoms. The Bertz CT molecular complexity index is 1120. The molecule has 2 aliphatic rings. The molecule has 1 heterocycles. The number of fused-ring (bicyclic) bond motifs is 1. The molecule has 0 saturated carbocycles. The maximum atomic E-state index is 13.6. The molecule has 1 fully saturated rings. The van der Waals surface area contributed by atoms with E-state index in [2.05, 4.69) is 6.07 Å². The molecule has 0 radical (unpaired) electrons. The van der Waals surface area contributed by atoms with Crippen molar-refractivity contribution in [3.05, 3.63) is 77.9 Å². The molecule has 154 valence electrons. The standard InChI is InChI=1S/C23H22N2O4S/c1-29-22(26)23-14-6-5-7-19(23)16-25(30(27,28)20-8-3-2-4-9-20)21(23)18-12-10-17(15-24)11-13-18/h2-5,7-13,19,21H,6,14,16H2,1H3/t19-,21+,23-/m1/s1. The minimum atomic E-state index is -3.86. The number of nitrogens with zero attached hydrogens (tertiary/aromatic N) is 2. The monoisotopic (exact) mass is 422 g/mol. The predicted molar refractivity (Wildman–Crippen MR) is 111 cm³/mol. The van der Waals surface area contributed by atoms with Crippen molar-refractivity contribution in [1.29, 1.82) is 5.26 Å². The Hall–Kier alpha value is -2.95. The van der Waals surface area contributed by atoms with E-state index in [1.807, 2.05) is 12.2 Å². The fraction of sp³-hybridized carbons (Fsp3) is 0.304. The van der Waals surface area contributed by atoms with Crippen molar-refractivity contribution in [2.75, 3.05) is 13.7 Å². The van der Waals surface area contributed by atoms with Crippen LogP contribution in [-0.2, 0) is 19.6 Å². The minimum absolute atomic E-state index is 0.186. The Morgan fingerprint density at radius 1 is 1.17 bits per heavy atom. The number of esters is 1. The lowest BCUT2D eigenvalue weighted by atomic mass is 9.66. The number of allylic oxidation sites excluding steroid dienone is 1. The number of hydrogen-bond acceptors (Lipinski definition) is 5. The molecule has 2 aromatic rings. The van der Waals surface area contributed by atoms with Gasteiger partial charge in [0, 0.05) is 12.5 Å². The van der Waals surface area contributed by atoms with E-state index in [0.29, 0.717) is 24.0 Å². The molecule has 1 saturated heterocycles. The second-order valence-corrected chi connectivity index (χ2v) is 9.52. The number of rotatable bonds is 4. The summed E-state index contributed by atoms with van der Waals surface area (Å²) in [5.41, 5.74) is 0.137. The van der Waals surface area contributed by atoms with Gasteiger partial charge in [-0.3, -0.25) is 4.79 Å². The molecule has 2 aromatic carbocycles. The zero-order valence-corrected chi connectivity index (χ0v) is 17.4. The molecule has 0 bridgehead atoms. The van der Waals surface area contributed by atoms with Gasteiger partial charge in [0.2, 0.25) is 10.0 Å². The smallest absolute Gasteiger partial charge is 0.314 e. The van der Waals surface area contributed by atoms with E-state index in [1.54, 1.807) is 54.6 Å². The van der Waals surface area contributed by atoms with Gasteiger partial charge in [-0.1, -0.05) is 42.5 Å². The van der Waals surface area contributed by atoms with Crippen LogP contribution in [0.2, 0.25) is 0 Å². The molecule has 0 spiro atoms. The summed E-state index contributed by atoms with van der Waals surface area (Å²) in [4.78, 5) is 13.3. The fourth-order valence-electron chi connectivity index (χ4n) is 4.78. The Balaban J connectivity index is 1.92. The number of hydrogen-bond donors (Lipinski definition) is 0. The summed E-state index contributed by atoms with van der Waals surface area (Å²) in [5.74, 6) is -0.699. The molecular weight excluding hydrogens is 400 g/mol.